The van der Waals surface area contributed by atoms with Crippen LogP contribution in [0.15, 0.2) is 0 Å². The molecular weight excluding hydrogens is 198 g/mol. The van der Waals surface area contributed by atoms with Crippen LogP contribution in [0, 0.1) is 0 Å². The Bertz CT molecular complexity index is 173. The van der Waals surface area contributed by atoms with Gasteiger partial charge in [0.1, 0.15) is 6.61 Å². The van der Waals surface area contributed by atoms with Crippen LogP contribution in [-0.2, 0) is 14.3 Å². The van der Waals surface area contributed by atoms with E-state index in [0.29, 0.717) is 26.3 Å². The number of carbonyl (C=O) groups is 1. The third-order valence-electron chi connectivity index (χ3n) is 1.72. The molecule has 0 saturated heterocycles. The van der Waals surface area contributed by atoms with Gasteiger partial charge < -0.3 is 19.5 Å². The Morgan fingerprint density at radius 2 is 2.20 bits per heavy atom. The number of nitrogens with zero attached hydrogens (tertiary/aromatic N) is 1. The van der Waals surface area contributed by atoms with Crippen LogP contribution in [0.25, 0.3) is 0 Å². The maximum Gasteiger partial charge on any atom is 0.332 e. The van der Waals surface area contributed by atoms with Crippen LogP contribution in [-0.4, -0.2) is 62.0 Å². The molecule has 1 N–H and O–H groups in total. The van der Waals surface area contributed by atoms with E-state index in [1.54, 1.807) is 13.8 Å². The molecule has 0 bridgehead atoms. The fraction of sp³-hybridized carbons (Fsp3) is 0.900. The molecular formula is C10H21NO4. The van der Waals surface area contributed by atoms with Crippen LogP contribution in [0.4, 0.5) is 0 Å². The minimum absolute atomic E-state index is 0.00361. The molecule has 5 nitrogen and oxygen atoms in total. The molecule has 90 valence electrons. The molecule has 0 aromatic heterocycles. The van der Waals surface area contributed by atoms with Crippen LogP contribution < -0.4 is 0 Å². The van der Waals surface area contributed by atoms with Crippen molar-refractivity contribution in [2.75, 3.05) is 40.0 Å². The highest BCUT2D eigenvalue weighted by molar-refractivity contribution is 5.70. The lowest BCUT2D eigenvalue weighted by atomic mass is 10.4. The zero-order valence-electron chi connectivity index (χ0n) is 9.73. The van der Waals surface area contributed by atoms with E-state index in [0.717, 1.165) is 0 Å². The van der Waals surface area contributed by atoms with Crippen LogP contribution >= 0.6 is 0 Å². The average molecular weight is 219 g/mol. The first-order valence-corrected chi connectivity index (χ1v) is 5.16. The van der Waals surface area contributed by atoms with Gasteiger partial charge in [0.2, 0.25) is 0 Å². The standard InChI is InChI=1S/C10H21NO4/c1-4-15-10(13)8-14-6-5-11(3)7-9(2)12/h9,12H,4-8H2,1-3H3. The van der Waals surface area contributed by atoms with Gasteiger partial charge >= 0.3 is 5.97 Å². The second-order valence-electron chi connectivity index (χ2n) is 3.47. The van der Waals surface area contributed by atoms with Crippen molar-refractivity contribution < 1.29 is 19.4 Å². The van der Waals surface area contributed by atoms with E-state index in [-0.39, 0.29) is 18.7 Å². The van der Waals surface area contributed by atoms with Gasteiger partial charge in [0.15, 0.2) is 0 Å². The predicted octanol–water partition coefficient (Wildman–Crippen LogP) is -0.121. The maximum atomic E-state index is 10.9. The monoisotopic (exact) mass is 219 g/mol. The summed E-state index contributed by atoms with van der Waals surface area (Å²) >= 11 is 0. The third kappa shape index (κ3) is 9.65. The lowest BCUT2D eigenvalue weighted by Crippen LogP contribution is -2.30. The quantitative estimate of drug-likeness (QED) is 0.455. The molecule has 0 rings (SSSR count). The Morgan fingerprint density at radius 3 is 2.73 bits per heavy atom. The van der Waals surface area contributed by atoms with Crippen molar-refractivity contribution in [1.29, 1.82) is 0 Å². The Labute approximate surface area is 91.0 Å². The van der Waals surface area contributed by atoms with Crippen LogP contribution in [0.1, 0.15) is 13.8 Å². The SMILES string of the molecule is CCOC(=O)COCCN(C)CC(C)O. The number of hydrogen-bond donors (Lipinski definition) is 1. The Balaban J connectivity index is 3.34. The van der Waals surface area contributed by atoms with Gasteiger partial charge in [-0.05, 0) is 20.9 Å². The number of esters is 1. The minimum atomic E-state index is -0.347. The number of aliphatic hydroxyl groups is 1. The van der Waals surface area contributed by atoms with Crippen LogP contribution in [0.3, 0.4) is 0 Å². The van der Waals surface area contributed by atoms with E-state index in [2.05, 4.69) is 0 Å². The molecule has 0 saturated carbocycles. The Morgan fingerprint density at radius 1 is 1.53 bits per heavy atom. The lowest BCUT2D eigenvalue weighted by molar-refractivity contribution is -0.148. The zero-order chi connectivity index (χ0) is 11.7. The summed E-state index contributed by atoms with van der Waals surface area (Å²) in [6.07, 6.45) is -0.347. The second kappa shape index (κ2) is 8.64. The number of rotatable bonds is 8. The molecule has 0 amide bonds. The topological polar surface area (TPSA) is 59.0 Å². The highest BCUT2D eigenvalue weighted by Crippen LogP contribution is 1.88. The predicted molar refractivity (Wildman–Crippen MR) is 56.6 cm³/mol. The van der Waals surface area contributed by atoms with Gasteiger partial charge in [0.25, 0.3) is 0 Å². The number of ether oxygens (including phenoxy) is 2. The minimum Gasteiger partial charge on any atom is -0.464 e. The Kier molecular flexibility index (Phi) is 8.27. The smallest absolute Gasteiger partial charge is 0.332 e. The molecule has 1 unspecified atom stereocenters. The van der Waals surface area contributed by atoms with Gasteiger partial charge in [-0.1, -0.05) is 0 Å². The lowest BCUT2D eigenvalue weighted by Gasteiger charge is -2.17. The fourth-order valence-corrected chi connectivity index (χ4v) is 1.12. The summed E-state index contributed by atoms with van der Waals surface area (Å²) in [5.41, 5.74) is 0. The summed E-state index contributed by atoms with van der Waals surface area (Å²) in [6, 6.07) is 0. The van der Waals surface area contributed by atoms with Crippen molar-refractivity contribution in [1.82, 2.24) is 4.90 Å². The molecule has 0 radical (unpaired) electrons. The molecule has 0 aromatic carbocycles. The van der Waals surface area contributed by atoms with E-state index in [9.17, 15) is 4.79 Å². The van der Waals surface area contributed by atoms with Gasteiger partial charge in [-0.3, -0.25) is 0 Å². The van der Waals surface area contributed by atoms with Gasteiger partial charge in [0, 0.05) is 13.1 Å². The van der Waals surface area contributed by atoms with E-state index in [1.807, 2.05) is 11.9 Å². The van der Waals surface area contributed by atoms with Crippen LogP contribution in [0.2, 0.25) is 0 Å². The average Bonchev–Trinajstić information content (AvgIpc) is 2.12. The molecule has 15 heavy (non-hydrogen) atoms. The first kappa shape index (κ1) is 14.3. The van der Waals surface area contributed by atoms with E-state index in [4.69, 9.17) is 14.6 Å². The van der Waals surface area contributed by atoms with E-state index < -0.39 is 0 Å². The number of carbonyl (C=O) groups excluding carboxylic acids is 1. The molecule has 0 heterocycles. The van der Waals surface area contributed by atoms with Crippen LogP contribution in [0.5, 0.6) is 0 Å². The highest BCUT2D eigenvalue weighted by Gasteiger charge is 2.04. The molecule has 0 spiro atoms. The van der Waals surface area contributed by atoms with Crippen molar-refractivity contribution in [3.8, 4) is 0 Å². The fourth-order valence-electron chi connectivity index (χ4n) is 1.12. The first-order valence-electron chi connectivity index (χ1n) is 5.16. The molecule has 0 aromatic rings. The summed E-state index contributed by atoms with van der Waals surface area (Å²) in [7, 11) is 1.89. The van der Waals surface area contributed by atoms with Gasteiger partial charge in [-0.2, -0.15) is 0 Å². The number of hydrogen-bond acceptors (Lipinski definition) is 5. The van der Waals surface area contributed by atoms with Crippen molar-refractivity contribution in [2.45, 2.75) is 20.0 Å². The van der Waals surface area contributed by atoms with Crippen molar-refractivity contribution in [2.24, 2.45) is 0 Å². The van der Waals surface area contributed by atoms with E-state index >= 15 is 0 Å². The second-order valence-corrected chi connectivity index (χ2v) is 3.47. The summed E-state index contributed by atoms with van der Waals surface area (Å²) in [6.45, 7) is 5.61. The Hall–Kier alpha value is -0.650. The summed E-state index contributed by atoms with van der Waals surface area (Å²) in [5, 5.41) is 9.08. The van der Waals surface area contributed by atoms with Crippen molar-refractivity contribution >= 4 is 5.97 Å². The molecule has 1 atom stereocenters. The number of aliphatic hydroxyl groups excluding tert-OH is 1. The largest absolute Gasteiger partial charge is 0.464 e. The van der Waals surface area contributed by atoms with Gasteiger partial charge in [0.05, 0.1) is 19.3 Å². The third-order valence-corrected chi connectivity index (χ3v) is 1.72. The normalized spacial score (nSPS) is 12.9. The summed E-state index contributed by atoms with van der Waals surface area (Å²) in [4.78, 5) is 12.8. The van der Waals surface area contributed by atoms with Crippen molar-refractivity contribution in [3.05, 3.63) is 0 Å². The molecule has 0 aliphatic rings. The number of likely N-dealkylation sites (N-methyl/N-ethyl adjacent to an activating group) is 1. The summed E-state index contributed by atoms with van der Waals surface area (Å²) < 4.78 is 9.80. The highest BCUT2D eigenvalue weighted by atomic mass is 16.6. The maximum absolute atomic E-state index is 10.9. The molecule has 0 fully saturated rings. The molecule has 5 heteroatoms. The summed E-state index contributed by atoms with van der Waals surface area (Å²) in [5.74, 6) is -0.337. The molecule has 0 aliphatic carbocycles. The first-order chi connectivity index (χ1) is 7.06. The van der Waals surface area contributed by atoms with Gasteiger partial charge in [-0.15, -0.1) is 0 Å². The van der Waals surface area contributed by atoms with Gasteiger partial charge in [-0.25, -0.2) is 4.79 Å². The van der Waals surface area contributed by atoms with Crippen molar-refractivity contribution in [3.63, 3.8) is 0 Å². The molecule has 0 aliphatic heterocycles. The van der Waals surface area contributed by atoms with E-state index in [1.165, 1.54) is 0 Å². The zero-order valence-corrected chi connectivity index (χ0v) is 9.73.